The van der Waals surface area contributed by atoms with Crippen LogP contribution in [0.2, 0.25) is 0 Å². The fourth-order valence-corrected chi connectivity index (χ4v) is 3.23. The summed E-state index contributed by atoms with van der Waals surface area (Å²) in [4.78, 5) is 0. The lowest BCUT2D eigenvalue weighted by molar-refractivity contribution is -0.141. The third-order valence-corrected chi connectivity index (χ3v) is 5.26. The second-order valence-corrected chi connectivity index (χ2v) is 7.93. The Morgan fingerprint density at radius 1 is 1.29 bits per heavy atom. The molecule has 0 aliphatic rings. The molecule has 1 heterocycles. The molecule has 0 amide bonds. The SMILES string of the molecule is CN(C)S(=O)(=O)n1nc(C(F)(F)F)cc1C(O)c1cccc(Br)c1. The highest BCUT2D eigenvalue weighted by atomic mass is 79.9. The number of hydrogen-bond donors (Lipinski definition) is 1. The fraction of sp³-hybridized carbons (Fsp3) is 0.308. The lowest BCUT2D eigenvalue weighted by Crippen LogP contribution is -2.32. The summed E-state index contributed by atoms with van der Waals surface area (Å²) in [5.74, 6) is 0. The number of hydrogen-bond acceptors (Lipinski definition) is 4. The highest BCUT2D eigenvalue weighted by Crippen LogP contribution is 2.33. The van der Waals surface area contributed by atoms with Crippen molar-refractivity contribution < 1.29 is 26.7 Å². The first-order chi connectivity index (χ1) is 10.9. The van der Waals surface area contributed by atoms with E-state index in [4.69, 9.17) is 0 Å². The van der Waals surface area contributed by atoms with Crippen LogP contribution in [-0.2, 0) is 16.4 Å². The van der Waals surface area contributed by atoms with Crippen LogP contribution in [0.25, 0.3) is 0 Å². The molecule has 1 aromatic heterocycles. The third-order valence-electron chi connectivity index (χ3n) is 3.12. The van der Waals surface area contributed by atoms with Crippen LogP contribution in [0.5, 0.6) is 0 Å². The van der Waals surface area contributed by atoms with E-state index in [2.05, 4.69) is 21.0 Å². The normalized spacial score (nSPS) is 14.2. The van der Waals surface area contributed by atoms with Gasteiger partial charge in [0.25, 0.3) is 0 Å². The maximum Gasteiger partial charge on any atom is 0.435 e. The Hall–Kier alpha value is -1.43. The van der Waals surface area contributed by atoms with Crippen molar-refractivity contribution >= 4 is 26.1 Å². The molecular weight excluding hydrogens is 415 g/mol. The van der Waals surface area contributed by atoms with Gasteiger partial charge in [0.05, 0.1) is 5.69 Å². The Morgan fingerprint density at radius 2 is 1.92 bits per heavy atom. The van der Waals surface area contributed by atoms with Gasteiger partial charge in [0.2, 0.25) is 0 Å². The fourth-order valence-electron chi connectivity index (χ4n) is 1.89. The molecule has 1 N–H and O–H groups in total. The Labute approximate surface area is 144 Å². The smallest absolute Gasteiger partial charge is 0.382 e. The maximum absolute atomic E-state index is 12.9. The molecule has 0 aliphatic heterocycles. The molecule has 11 heteroatoms. The van der Waals surface area contributed by atoms with E-state index in [1.165, 1.54) is 12.1 Å². The van der Waals surface area contributed by atoms with Crippen LogP contribution in [0.15, 0.2) is 34.8 Å². The molecule has 1 atom stereocenters. The van der Waals surface area contributed by atoms with E-state index in [1.807, 2.05) is 0 Å². The molecule has 0 radical (unpaired) electrons. The summed E-state index contributed by atoms with van der Waals surface area (Å²) in [7, 11) is -2.04. The van der Waals surface area contributed by atoms with Crippen molar-refractivity contribution in [3.05, 3.63) is 51.8 Å². The molecule has 6 nitrogen and oxygen atoms in total. The number of nitrogens with zero attached hydrogens (tertiary/aromatic N) is 3. The molecule has 0 fully saturated rings. The number of alkyl halides is 3. The number of aliphatic hydroxyl groups is 1. The van der Waals surface area contributed by atoms with Crippen molar-refractivity contribution in [2.45, 2.75) is 12.3 Å². The van der Waals surface area contributed by atoms with Crippen LogP contribution in [0, 0.1) is 0 Å². The molecule has 0 bridgehead atoms. The van der Waals surface area contributed by atoms with Crippen LogP contribution in [0.4, 0.5) is 13.2 Å². The zero-order valence-corrected chi connectivity index (χ0v) is 14.9. The van der Waals surface area contributed by atoms with E-state index in [0.29, 0.717) is 14.8 Å². The average Bonchev–Trinajstić information content (AvgIpc) is 2.92. The molecule has 0 aliphatic carbocycles. The van der Waals surface area contributed by atoms with E-state index in [-0.39, 0.29) is 9.65 Å². The quantitative estimate of drug-likeness (QED) is 0.812. The molecular formula is C13H13BrF3N3O3S. The largest absolute Gasteiger partial charge is 0.435 e. The summed E-state index contributed by atoms with van der Waals surface area (Å²) in [6.45, 7) is 0. The van der Waals surface area contributed by atoms with Gasteiger partial charge in [-0.3, -0.25) is 0 Å². The molecule has 2 aromatic rings. The van der Waals surface area contributed by atoms with Gasteiger partial charge < -0.3 is 5.11 Å². The van der Waals surface area contributed by atoms with E-state index in [0.717, 1.165) is 14.1 Å². The summed E-state index contributed by atoms with van der Waals surface area (Å²) in [6.07, 6.45) is -6.46. The Balaban J connectivity index is 2.66. The summed E-state index contributed by atoms with van der Waals surface area (Å²) in [5.41, 5.74) is -1.70. The zero-order valence-electron chi connectivity index (χ0n) is 12.5. The van der Waals surface area contributed by atoms with Crippen LogP contribution in [-0.4, -0.2) is 41.1 Å². The minimum Gasteiger partial charge on any atom is -0.382 e. The molecule has 0 saturated heterocycles. The minimum absolute atomic E-state index is 0.196. The standard InChI is InChI=1S/C13H13BrF3N3O3S/c1-19(2)24(22,23)20-10(7-11(18-20)13(15,16)17)12(21)8-4-3-5-9(14)6-8/h3-7,12,21H,1-2H3. The van der Waals surface area contributed by atoms with Crippen LogP contribution >= 0.6 is 15.9 Å². The Kier molecular flexibility index (Phi) is 5.09. The number of benzene rings is 1. The molecule has 2 rings (SSSR count). The third kappa shape index (κ3) is 3.63. The van der Waals surface area contributed by atoms with Gasteiger partial charge in [-0.05, 0) is 23.8 Å². The molecule has 1 unspecified atom stereocenters. The van der Waals surface area contributed by atoms with Gasteiger partial charge >= 0.3 is 16.4 Å². The Morgan fingerprint density at radius 3 is 2.42 bits per heavy atom. The van der Waals surface area contributed by atoms with E-state index in [9.17, 15) is 26.7 Å². The van der Waals surface area contributed by atoms with Crippen molar-refractivity contribution in [1.82, 2.24) is 13.5 Å². The molecule has 0 spiro atoms. The Bertz CT molecular complexity index is 850. The number of halogens is 4. The highest BCUT2D eigenvalue weighted by molar-refractivity contribution is 9.10. The van der Waals surface area contributed by atoms with Gasteiger partial charge in [0, 0.05) is 18.6 Å². The van der Waals surface area contributed by atoms with Crippen molar-refractivity contribution in [3.8, 4) is 0 Å². The lowest BCUT2D eigenvalue weighted by atomic mass is 10.1. The lowest BCUT2D eigenvalue weighted by Gasteiger charge is -2.17. The van der Waals surface area contributed by atoms with Crippen molar-refractivity contribution in [2.75, 3.05) is 14.1 Å². The number of aliphatic hydroxyl groups excluding tert-OH is 1. The summed E-state index contributed by atoms with van der Waals surface area (Å²) in [5, 5.41) is 13.5. The maximum atomic E-state index is 12.9. The van der Waals surface area contributed by atoms with E-state index in [1.54, 1.807) is 12.1 Å². The van der Waals surface area contributed by atoms with Gasteiger partial charge in [0.1, 0.15) is 6.10 Å². The van der Waals surface area contributed by atoms with Crippen molar-refractivity contribution in [1.29, 1.82) is 0 Å². The molecule has 0 saturated carbocycles. The van der Waals surface area contributed by atoms with Crippen LogP contribution < -0.4 is 0 Å². The summed E-state index contributed by atoms with van der Waals surface area (Å²) in [6, 6.07) is 6.67. The van der Waals surface area contributed by atoms with Crippen LogP contribution in [0.1, 0.15) is 23.1 Å². The molecule has 24 heavy (non-hydrogen) atoms. The van der Waals surface area contributed by atoms with E-state index >= 15 is 0 Å². The van der Waals surface area contributed by atoms with Gasteiger partial charge in [-0.2, -0.15) is 31.0 Å². The first-order valence-electron chi connectivity index (χ1n) is 6.48. The average molecular weight is 428 g/mol. The number of aromatic nitrogens is 2. The monoisotopic (exact) mass is 427 g/mol. The zero-order chi connectivity index (χ0) is 18.3. The first kappa shape index (κ1) is 18.9. The summed E-state index contributed by atoms with van der Waals surface area (Å²) < 4.78 is 64.7. The van der Waals surface area contributed by atoms with Gasteiger partial charge in [-0.1, -0.05) is 28.1 Å². The van der Waals surface area contributed by atoms with Gasteiger partial charge in [-0.15, -0.1) is 4.09 Å². The highest BCUT2D eigenvalue weighted by Gasteiger charge is 2.38. The second kappa shape index (κ2) is 6.47. The molecule has 1 aromatic carbocycles. The van der Waals surface area contributed by atoms with Crippen molar-refractivity contribution in [3.63, 3.8) is 0 Å². The predicted octanol–water partition coefficient (Wildman–Crippen LogP) is 2.40. The summed E-state index contributed by atoms with van der Waals surface area (Å²) >= 11 is 3.18. The van der Waals surface area contributed by atoms with Crippen molar-refractivity contribution in [2.24, 2.45) is 0 Å². The predicted molar refractivity (Wildman–Crippen MR) is 83.4 cm³/mol. The number of rotatable bonds is 4. The van der Waals surface area contributed by atoms with Gasteiger partial charge in [0.15, 0.2) is 5.69 Å². The van der Waals surface area contributed by atoms with E-state index < -0.39 is 33.9 Å². The van der Waals surface area contributed by atoms with Gasteiger partial charge in [-0.25, -0.2) is 0 Å². The first-order valence-corrected chi connectivity index (χ1v) is 8.67. The van der Waals surface area contributed by atoms with Crippen LogP contribution in [0.3, 0.4) is 0 Å². The topological polar surface area (TPSA) is 75.4 Å². The minimum atomic E-state index is -4.85. The second-order valence-electron chi connectivity index (χ2n) is 5.04. The molecule has 132 valence electrons.